The molecule has 0 aliphatic heterocycles. The van der Waals surface area contributed by atoms with Crippen LogP contribution in [0.3, 0.4) is 0 Å². The molecule has 0 fully saturated rings. The van der Waals surface area contributed by atoms with Gasteiger partial charge in [0.15, 0.2) is 5.16 Å². The predicted octanol–water partition coefficient (Wildman–Crippen LogP) is 2.66. The second kappa shape index (κ2) is 4.75. The van der Waals surface area contributed by atoms with Crippen molar-refractivity contribution in [3.8, 4) is 0 Å². The number of hydrogen-bond donors (Lipinski definition) is 2. The maximum absolute atomic E-state index is 13.0. The molecule has 1 atom stereocenters. The minimum atomic E-state index is -0.871. The highest BCUT2D eigenvalue weighted by Gasteiger charge is 2.18. The fraction of sp³-hybridized carbons (Fsp3) is 0.273. The van der Waals surface area contributed by atoms with Gasteiger partial charge in [-0.25, -0.2) is 9.37 Å². The summed E-state index contributed by atoms with van der Waals surface area (Å²) in [6.45, 7) is 1.80. The zero-order valence-electron chi connectivity index (χ0n) is 9.11. The molecule has 6 heteroatoms. The van der Waals surface area contributed by atoms with Crippen LogP contribution in [-0.2, 0) is 4.79 Å². The highest BCUT2D eigenvalue weighted by Crippen LogP contribution is 2.25. The molecular formula is C11H11FN2O2S. The molecule has 17 heavy (non-hydrogen) atoms. The summed E-state index contributed by atoms with van der Waals surface area (Å²) in [4.78, 5) is 18.0. The SMILES string of the molecule is CCC(Sc1nc2ccc(F)cc2[nH]1)C(=O)O. The first-order chi connectivity index (χ1) is 8.10. The van der Waals surface area contributed by atoms with Crippen molar-refractivity contribution in [3.05, 3.63) is 24.0 Å². The van der Waals surface area contributed by atoms with Crippen molar-refractivity contribution in [2.75, 3.05) is 0 Å². The number of aromatic amines is 1. The van der Waals surface area contributed by atoms with E-state index in [9.17, 15) is 9.18 Å². The van der Waals surface area contributed by atoms with Gasteiger partial charge in [-0.2, -0.15) is 0 Å². The van der Waals surface area contributed by atoms with Crippen LogP contribution in [0.5, 0.6) is 0 Å². The number of nitrogens with zero attached hydrogens (tertiary/aromatic N) is 1. The van der Waals surface area contributed by atoms with E-state index in [-0.39, 0.29) is 5.82 Å². The lowest BCUT2D eigenvalue weighted by Gasteiger charge is -2.05. The van der Waals surface area contributed by atoms with Gasteiger partial charge in [-0.1, -0.05) is 18.7 Å². The summed E-state index contributed by atoms with van der Waals surface area (Å²) in [7, 11) is 0. The van der Waals surface area contributed by atoms with E-state index in [1.54, 1.807) is 13.0 Å². The van der Waals surface area contributed by atoms with Crippen LogP contribution in [-0.4, -0.2) is 26.3 Å². The second-order valence-corrected chi connectivity index (χ2v) is 4.75. The van der Waals surface area contributed by atoms with Crippen molar-refractivity contribution in [1.82, 2.24) is 9.97 Å². The van der Waals surface area contributed by atoms with E-state index in [0.717, 1.165) is 11.8 Å². The molecular weight excluding hydrogens is 243 g/mol. The van der Waals surface area contributed by atoms with Gasteiger partial charge in [0.25, 0.3) is 0 Å². The molecule has 4 nitrogen and oxygen atoms in total. The normalized spacial score (nSPS) is 12.8. The topological polar surface area (TPSA) is 66.0 Å². The van der Waals surface area contributed by atoms with Crippen molar-refractivity contribution in [2.45, 2.75) is 23.8 Å². The third kappa shape index (κ3) is 2.58. The van der Waals surface area contributed by atoms with Crippen molar-refractivity contribution < 1.29 is 14.3 Å². The van der Waals surface area contributed by atoms with E-state index < -0.39 is 11.2 Å². The number of aliphatic carboxylic acids is 1. The van der Waals surface area contributed by atoms with Gasteiger partial charge in [-0.15, -0.1) is 0 Å². The molecule has 90 valence electrons. The number of hydrogen-bond acceptors (Lipinski definition) is 3. The van der Waals surface area contributed by atoms with Gasteiger partial charge < -0.3 is 10.1 Å². The number of fused-ring (bicyclic) bond motifs is 1. The number of imidazole rings is 1. The van der Waals surface area contributed by atoms with E-state index in [4.69, 9.17) is 5.11 Å². The van der Waals surface area contributed by atoms with Crippen molar-refractivity contribution in [3.63, 3.8) is 0 Å². The van der Waals surface area contributed by atoms with Crippen molar-refractivity contribution in [1.29, 1.82) is 0 Å². The molecule has 0 saturated heterocycles. The van der Waals surface area contributed by atoms with Crippen LogP contribution >= 0.6 is 11.8 Å². The number of nitrogens with one attached hydrogen (secondary N) is 1. The zero-order chi connectivity index (χ0) is 12.4. The smallest absolute Gasteiger partial charge is 0.317 e. The Morgan fingerprint density at radius 1 is 1.65 bits per heavy atom. The fourth-order valence-corrected chi connectivity index (χ4v) is 2.31. The molecule has 1 unspecified atom stereocenters. The number of carboxylic acid groups (broad SMARTS) is 1. The Labute approximate surface area is 101 Å². The van der Waals surface area contributed by atoms with E-state index in [1.807, 2.05) is 0 Å². The van der Waals surface area contributed by atoms with E-state index >= 15 is 0 Å². The molecule has 1 aromatic heterocycles. The van der Waals surface area contributed by atoms with Crippen LogP contribution in [0.25, 0.3) is 11.0 Å². The monoisotopic (exact) mass is 254 g/mol. The lowest BCUT2D eigenvalue weighted by molar-refractivity contribution is -0.136. The lowest BCUT2D eigenvalue weighted by Crippen LogP contribution is -2.14. The standard InChI is InChI=1S/C11H11FN2O2S/c1-2-9(10(15)16)17-11-13-7-4-3-6(12)5-8(7)14-11/h3-5,9H,2H2,1H3,(H,13,14)(H,15,16). The molecule has 0 amide bonds. The Bertz CT molecular complexity index is 555. The molecule has 0 radical (unpaired) electrons. The maximum atomic E-state index is 13.0. The summed E-state index contributed by atoms with van der Waals surface area (Å²) in [5.41, 5.74) is 1.21. The third-order valence-electron chi connectivity index (χ3n) is 2.32. The molecule has 0 aliphatic rings. The highest BCUT2D eigenvalue weighted by molar-refractivity contribution is 8.00. The molecule has 2 rings (SSSR count). The number of H-pyrrole nitrogens is 1. The minimum Gasteiger partial charge on any atom is -0.480 e. The average molecular weight is 254 g/mol. The van der Waals surface area contributed by atoms with Gasteiger partial charge in [0.1, 0.15) is 11.1 Å². The Morgan fingerprint density at radius 3 is 3.06 bits per heavy atom. The molecule has 0 aliphatic carbocycles. The Hall–Kier alpha value is -1.56. The Balaban J connectivity index is 2.27. The van der Waals surface area contributed by atoms with Gasteiger partial charge in [0.05, 0.1) is 11.0 Å². The highest BCUT2D eigenvalue weighted by atomic mass is 32.2. The molecule has 2 aromatic rings. The first-order valence-electron chi connectivity index (χ1n) is 5.15. The fourth-order valence-electron chi connectivity index (χ4n) is 1.46. The van der Waals surface area contributed by atoms with Crippen LogP contribution in [0.15, 0.2) is 23.4 Å². The largest absolute Gasteiger partial charge is 0.480 e. The summed E-state index contributed by atoms with van der Waals surface area (Å²) in [5.74, 6) is -1.22. The minimum absolute atomic E-state index is 0.344. The summed E-state index contributed by atoms with van der Waals surface area (Å²) in [6.07, 6.45) is 0.505. The third-order valence-corrected chi connectivity index (χ3v) is 3.56. The first kappa shape index (κ1) is 11.9. The predicted molar refractivity (Wildman–Crippen MR) is 63.6 cm³/mol. The van der Waals surface area contributed by atoms with Gasteiger partial charge in [-0.3, -0.25) is 4.79 Å². The van der Waals surface area contributed by atoms with E-state index in [2.05, 4.69) is 9.97 Å². The molecule has 0 bridgehead atoms. The summed E-state index contributed by atoms with van der Waals surface area (Å²) >= 11 is 1.14. The van der Waals surface area contributed by atoms with Crippen LogP contribution in [0.2, 0.25) is 0 Å². The molecule has 0 spiro atoms. The first-order valence-corrected chi connectivity index (χ1v) is 6.03. The number of rotatable bonds is 4. The van der Waals surface area contributed by atoms with Crippen molar-refractivity contribution >= 4 is 28.8 Å². The molecule has 2 N–H and O–H groups in total. The second-order valence-electron chi connectivity index (χ2n) is 3.56. The molecule has 1 heterocycles. The van der Waals surface area contributed by atoms with Gasteiger partial charge in [0.2, 0.25) is 0 Å². The summed E-state index contributed by atoms with van der Waals surface area (Å²) in [6, 6.07) is 4.23. The average Bonchev–Trinajstić information content (AvgIpc) is 2.66. The van der Waals surface area contributed by atoms with Gasteiger partial charge >= 0.3 is 5.97 Å². The molecule has 1 aromatic carbocycles. The molecule has 0 saturated carbocycles. The number of carbonyl (C=O) groups is 1. The van der Waals surface area contributed by atoms with E-state index in [0.29, 0.717) is 22.6 Å². The van der Waals surface area contributed by atoms with Crippen molar-refractivity contribution in [2.24, 2.45) is 0 Å². The number of carboxylic acids is 1. The number of thioether (sulfide) groups is 1. The van der Waals surface area contributed by atoms with Gasteiger partial charge in [0, 0.05) is 0 Å². The van der Waals surface area contributed by atoms with E-state index in [1.165, 1.54) is 12.1 Å². The quantitative estimate of drug-likeness (QED) is 0.823. The maximum Gasteiger partial charge on any atom is 0.317 e. The van der Waals surface area contributed by atoms with Gasteiger partial charge in [-0.05, 0) is 24.6 Å². The zero-order valence-corrected chi connectivity index (χ0v) is 9.92. The number of aromatic nitrogens is 2. The van der Waals surface area contributed by atoms with Crippen LogP contribution < -0.4 is 0 Å². The Morgan fingerprint density at radius 2 is 2.41 bits per heavy atom. The number of halogens is 1. The number of benzene rings is 1. The lowest BCUT2D eigenvalue weighted by atomic mass is 10.3. The summed E-state index contributed by atoms with van der Waals surface area (Å²) < 4.78 is 13.0. The van der Waals surface area contributed by atoms with Crippen LogP contribution in [0, 0.1) is 5.82 Å². The Kier molecular flexibility index (Phi) is 3.33. The van der Waals surface area contributed by atoms with Crippen LogP contribution in [0.4, 0.5) is 4.39 Å². The van der Waals surface area contributed by atoms with Crippen LogP contribution in [0.1, 0.15) is 13.3 Å². The summed E-state index contributed by atoms with van der Waals surface area (Å²) in [5, 5.41) is 8.89.